The van der Waals surface area contributed by atoms with Crippen LogP contribution in [0.1, 0.15) is 21.5 Å². The van der Waals surface area contributed by atoms with Gasteiger partial charge >= 0.3 is 0 Å². The third kappa shape index (κ3) is 2.55. The molecule has 0 unspecified atom stereocenters. The van der Waals surface area contributed by atoms with E-state index >= 15 is 0 Å². The number of ketones is 1. The highest BCUT2D eigenvalue weighted by Crippen LogP contribution is 2.24. The molecule has 0 amide bonds. The summed E-state index contributed by atoms with van der Waals surface area (Å²) in [6.07, 6.45) is 0. The normalized spacial score (nSPS) is 10.4. The number of hydrogen-bond donors (Lipinski definition) is 0. The van der Waals surface area contributed by atoms with E-state index in [9.17, 15) is 9.18 Å². The van der Waals surface area contributed by atoms with Gasteiger partial charge in [0.25, 0.3) is 0 Å². The number of carbonyl (C=O) groups excluding carboxylic acids is 1. The molecule has 0 bridgehead atoms. The van der Waals surface area contributed by atoms with Crippen molar-refractivity contribution in [3.8, 4) is 0 Å². The van der Waals surface area contributed by atoms with Gasteiger partial charge in [0.1, 0.15) is 5.82 Å². The molecular weight excluding hydrogens is 274 g/mol. The van der Waals surface area contributed by atoms with Crippen LogP contribution in [0.5, 0.6) is 0 Å². The van der Waals surface area contributed by atoms with Crippen LogP contribution < -0.4 is 0 Å². The molecule has 0 fully saturated rings. The summed E-state index contributed by atoms with van der Waals surface area (Å²) in [7, 11) is 0. The quantitative estimate of drug-likeness (QED) is 0.732. The maximum atomic E-state index is 13.2. The molecule has 0 saturated carbocycles. The lowest BCUT2D eigenvalue weighted by Crippen LogP contribution is -2.05. The Balaban J connectivity index is 2.54. The second-order valence-corrected chi connectivity index (χ2v) is 4.76. The Hall–Kier alpha value is -1.38. The second kappa shape index (κ2) is 5.09. The van der Waals surface area contributed by atoms with Gasteiger partial charge in [-0.3, -0.25) is 4.79 Å². The lowest BCUT2D eigenvalue weighted by molar-refractivity contribution is 0.103. The Morgan fingerprint density at radius 1 is 1.06 bits per heavy atom. The number of hydrogen-bond acceptors (Lipinski definition) is 1. The van der Waals surface area contributed by atoms with Crippen molar-refractivity contribution >= 4 is 29.0 Å². The minimum Gasteiger partial charge on any atom is -0.289 e. The summed E-state index contributed by atoms with van der Waals surface area (Å²) in [6, 6.07) is 8.70. The number of rotatable bonds is 2. The lowest BCUT2D eigenvalue weighted by atomic mass is 9.99. The SMILES string of the molecule is Cc1ccc(Cl)cc1C(=O)c1cc(F)ccc1Cl. The summed E-state index contributed by atoms with van der Waals surface area (Å²) in [5, 5.41) is 0.678. The molecule has 0 radical (unpaired) electrons. The lowest BCUT2D eigenvalue weighted by Gasteiger charge is -2.07. The van der Waals surface area contributed by atoms with Crippen LogP contribution in [-0.4, -0.2) is 5.78 Å². The minimum atomic E-state index is -0.498. The van der Waals surface area contributed by atoms with Crippen LogP contribution in [-0.2, 0) is 0 Å². The standard InChI is InChI=1S/C14H9Cl2FO/c1-8-2-3-9(15)6-11(8)14(18)12-7-10(17)4-5-13(12)16/h2-7H,1H3. The molecule has 2 rings (SSSR count). The van der Waals surface area contributed by atoms with E-state index in [4.69, 9.17) is 23.2 Å². The van der Waals surface area contributed by atoms with Crippen LogP contribution in [0, 0.1) is 12.7 Å². The second-order valence-electron chi connectivity index (χ2n) is 3.91. The molecule has 0 atom stereocenters. The Morgan fingerprint density at radius 2 is 1.78 bits per heavy atom. The molecule has 18 heavy (non-hydrogen) atoms. The molecule has 0 spiro atoms. The van der Waals surface area contributed by atoms with E-state index < -0.39 is 5.82 Å². The van der Waals surface area contributed by atoms with Crippen molar-refractivity contribution in [1.82, 2.24) is 0 Å². The van der Waals surface area contributed by atoms with Gasteiger partial charge in [-0.05, 0) is 42.8 Å². The van der Waals surface area contributed by atoms with Gasteiger partial charge in [-0.15, -0.1) is 0 Å². The van der Waals surface area contributed by atoms with Crippen molar-refractivity contribution in [2.75, 3.05) is 0 Å². The van der Waals surface area contributed by atoms with Crippen LogP contribution in [0.4, 0.5) is 4.39 Å². The number of benzene rings is 2. The molecule has 0 aliphatic heterocycles. The van der Waals surface area contributed by atoms with E-state index in [0.717, 1.165) is 11.6 Å². The predicted octanol–water partition coefficient (Wildman–Crippen LogP) is 4.67. The molecule has 92 valence electrons. The topological polar surface area (TPSA) is 17.1 Å². The van der Waals surface area contributed by atoms with Crippen LogP contribution in [0.3, 0.4) is 0 Å². The van der Waals surface area contributed by atoms with Gasteiger partial charge < -0.3 is 0 Å². The van der Waals surface area contributed by atoms with Crippen molar-refractivity contribution in [3.05, 3.63) is 69.0 Å². The molecule has 0 saturated heterocycles. The average molecular weight is 283 g/mol. The molecule has 0 aromatic heterocycles. The van der Waals surface area contributed by atoms with Gasteiger partial charge in [0.2, 0.25) is 0 Å². The Bertz CT molecular complexity index is 570. The van der Waals surface area contributed by atoms with Crippen molar-refractivity contribution in [2.24, 2.45) is 0 Å². The first-order chi connectivity index (χ1) is 8.49. The van der Waals surface area contributed by atoms with Gasteiger partial charge in [-0.25, -0.2) is 4.39 Å². The van der Waals surface area contributed by atoms with Gasteiger partial charge in [-0.2, -0.15) is 0 Å². The van der Waals surface area contributed by atoms with E-state index in [2.05, 4.69) is 0 Å². The van der Waals surface area contributed by atoms with Gasteiger partial charge in [0.05, 0.1) is 5.02 Å². The molecule has 0 aliphatic carbocycles. The molecule has 2 aromatic carbocycles. The summed E-state index contributed by atoms with van der Waals surface area (Å²) in [5.41, 5.74) is 1.33. The highest BCUT2D eigenvalue weighted by Gasteiger charge is 2.16. The summed E-state index contributed by atoms with van der Waals surface area (Å²) in [6.45, 7) is 1.79. The van der Waals surface area contributed by atoms with Crippen LogP contribution in [0.2, 0.25) is 10.0 Å². The number of carbonyl (C=O) groups is 1. The van der Waals surface area contributed by atoms with Crippen LogP contribution in [0.25, 0.3) is 0 Å². The molecule has 1 nitrogen and oxygen atoms in total. The Morgan fingerprint density at radius 3 is 2.50 bits per heavy atom. The van der Waals surface area contributed by atoms with E-state index in [-0.39, 0.29) is 16.4 Å². The van der Waals surface area contributed by atoms with E-state index in [0.29, 0.717) is 10.6 Å². The van der Waals surface area contributed by atoms with E-state index in [1.165, 1.54) is 12.1 Å². The zero-order valence-electron chi connectivity index (χ0n) is 9.51. The smallest absolute Gasteiger partial charge is 0.194 e. The van der Waals surface area contributed by atoms with Crippen molar-refractivity contribution in [3.63, 3.8) is 0 Å². The Kier molecular flexibility index (Phi) is 3.69. The fraction of sp³-hybridized carbons (Fsp3) is 0.0714. The summed E-state index contributed by atoms with van der Waals surface area (Å²) in [5.74, 6) is -0.832. The molecular formula is C14H9Cl2FO. The minimum absolute atomic E-state index is 0.141. The molecule has 0 heterocycles. The molecule has 0 N–H and O–H groups in total. The molecule has 4 heteroatoms. The first-order valence-electron chi connectivity index (χ1n) is 5.25. The highest BCUT2D eigenvalue weighted by atomic mass is 35.5. The third-order valence-corrected chi connectivity index (χ3v) is 3.18. The fourth-order valence-electron chi connectivity index (χ4n) is 1.66. The maximum absolute atomic E-state index is 13.2. The Labute approximate surface area is 114 Å². The van der Waals surface area contributed by atoms with E-state index in [1.807, 2.05) is 0 Å². The molecule has 2 aromatic rings. The van der Waals surface area contributed by atoms with Crippen LogP contribution in [0.15, 0.2) is 36.4 Å². The maximum Gasteiger partial charge on any atom is 0.194 e. The summed E-state index contributed by atoms with van der Waals surface area (Å²) < 4.78 is 13.2. The van der Waals surface area contributed by atoms with E-state index in [1.54, 1.807) is 25.1 Å². The number of halogens is 3. The zero-order valence-corrected chi connectivity index (χ0v) is 11.0. The first-order valence-corrected chi connectivity index (χ1v) is 6.00. The zero-order chi connectivity index (χ0) is 13.3. The van der Waals surface area contributed by atoms with Crippen LogP contribution >= 0.6 is 23.2 Å². The third-order valence-electron chi connectivity index (χ3n) is 2.62. The van der Waals surface area contributed by atoms with Crippen molar-refractivity contribution in [1.29, 1.82) is 0 Å². The van der Waals surface area contributed by atoms with Crippen molar-refractivity contribution in [2.45, 2.75) is 6.92 Å². The summed E-state index contributed by atoms with van der Waals surface area (Å²) >= 11 is 11.8. The monoisotopic (exact) mass is 282 g/mol. The predicted molar refractivity (Wildman–Crippen MR) is 71.0 cm³/mol. The van der Waals surface area contributed by atoms with Gasteiger partial charge in [0, 0.05) is 16.1 Å². The van der Waals surface area contributed by atoms with Gasteiger partial charge in [0.15, 0.2) is 5.78 Å². The summed E-state index contributed by atoms with van der Waals surface area (Å²) in [4.78, 5) is 12.3. The number of aryl methyl sites for hydroxylation is 1. The molecule has 0 aliphatic rings. The van der Waals surface area contributed by atoms with Crippen molar-refractivity contribution < 1.29 is 9.18 Å². The fourth-order valence-corrected chi connectivity index (χ4v) is 2.03. The average Bonchev–Trinajstić information content (AvgIpc) is 2.34. The largest absolute Gasteiger partial charge is 0.289 e. The first kappa shape index (κ1) is 13.1. The van der Waals surface area contributed by atoms with Gasteiger partial charge in [-0.1, -0.05) is 29.3 Å². The highest BCUT2D eigenvalue weighted by molar-refractivity contribution is 6.35.